The van der Waals surface area contributed by atoms with Gasteiger partial charge in [0.05, 0.1) is 29.3 Å². The Morgan fingerprint density at radius 2 is 2.12 bits per heavy atom. The quantitative estimate of drug-likeness (QED) is 0.804. The molecule has 1 aliphatic heterocycles. The predicted molar refractivity (Wildman–Crippen MR) is 101 cm³/mol. The largest absolute Gasteiger partial charge is 0.466 e. The monoisotopic (exact) mass is 357 g/mol. The molecule has 26 heavy (non-hydrogen) atoms. The van der Waals surface area contributed by atoms with Crippen LogP contribution in [0.1, 0.15) is 38.2 Å². The van der Waals surface area contributed by atoms with Gasteiger partial charge in [-0.05, 0) is 70.3 Å². The number of nitrogens with zero attached hydrogens (tertiary/aromatic N) is 2. The van der Waals surface area contributed by atoms with Crippen molar-refractivity contribution in [1.29, 1.82) is 0 Å². The van der Waals surface area contributed by atoms with Crippen molar-refractivity contribution >= 4 is 17.0 Å². The van der Waals surface area contributed by atoms with Gasteiger partial charge < -0.3 is 14.6 Å². The normalized spacial score (nSPS) is 16.5. The lowest BCUT2D eigenvalue weighted by atomic mass is 9.75. The second kappa shape index (κ2) is 7.99. The van der Waals surface area contributed by atoms with Crippen LogP contribution in [0.5, 0.6) is 0 Å². The van der Waals surface area contributed by atoms with Gasteiger partial charge in [0, 0.05) is 6.54 Å². The Balaban J connectivity index is 1.79. The number of fused-ring (bicyclic) bond motifs is 1. The van der Waals surface area contributed by atoms with Crippen molar-refractivity contribution in [3.05, 3.63) is 40.3 Å². The number of aromatic nitrogens is 2. The number of ether oxygens (including phenoxy) is 1. The van der Waals surface area contributed by atoms with Gasteiger partial charge in [0.25, 0.3) is 5.56 Å². The van der Waals surface area contributed by atoms with E-state index in [2.05, 4.69) is 10.3 Å². The Morgan fingerprint density at radius 1 is 1.35 bits per heavy atom. The molecule has 6 nitrogen and oxygen atoms in total. The molecule has 2 aromatic rings. The fraction of sp³-hybridized carbons (Fsp3) is 0.550. The molecule has 1 saturated heterocycles. The number of hydrogen-bond acceptors (Lipinski definition) is 5. The molecule has 1 aliphatic rings. The van der Waals surface area contributed by atoms with E-state index in [1.54, 1.807) is 4.57 Å². The fourth-order valence-corrected chi connectivity index (χ4v) is 3.82. The van der Waals surface area contributed by atoms with Gasteiger partial charge in [0.2, 0.25) is 0 Å². The summed E-state index contributed by atoms with van der Waals surface area (Å²) in [4.78, 5) is 29.1. The Hall–Kier alpha value is -2.21. The van der Waals surface area contributed by atoms with Crippen LogP contribution in [-0.2, 0) is 16.1 Å². The van der Waals surface area contributed by atoms with Crippen molar-refractivity contribution in [2.75, 3.05) is 19.7 Å². The number of rotatable bonds is 6. The minimum Gasteiger partial charge on any atom is -0.466 e. The Labute approximate surface area is 153 Å². The molecule has 3 rings (SSSR count). The standard InChI is InChI=1S/C20H27N3O3/c1-3-26-19(25)20(8-10-21-11-9-20)7-4-12-23-17-13-15(2)5-6-16(17)22-14-18(23)24/h5-6,13-14,21H,3-4,7-12H2,1-2H3. The number of carbonyl (C=O) groups excluding carboxylic acids is 1. The lowest BCUT2D eigenvalue weighted by molar-refractivity contribution is -0.157. The van der Waals surface area contributed by atoms with E-state index < -0.39 is 5.41 Å². The van der Waals surface area contributed by atoms with E-state index in [1.807, 2.05) is 32.0 Å². The van der Waals surface area contributed by atoms with Gasteiger partial charge in [-0.15, -0.1) is 0 Å². The molecule has 0 atom stereocenters. The van der Waals surface area contributed by atoms with Gasteiger partial charge >= 0.3 is 5.97 Å². The molecule has 0 bridgehead atoms. The van der Waals surface area contributed by atoms with Crippen LogP contribution in [0.25, 0.3) is 11.0 Å². The molecule has 0 unspecified atom stereocenters. The Kier molecular flexibility index (Phi) is 5.71. The summed E-state index contributed by atoms with van der Waals surface area (Å²) in [5.41, 5.74) is 2.24. The molecule has 0 spiro atoms. The molecule has 1 aromatic heterocycles. The minimum absolute atomic E-state index is 0.0933. The molecule has 1 N–H and O–H groups in total. The highest BCUT2D eigenvalue weighted by Gasteiger charge is 2.40. The molecular weight excluding hydrogens is 330 g/mol. The highest BCUT2D eigenvalue weighted by molar-refractivity contribution is 5.77. The zero-order chi connectivity index (χ0) is 18.6. The molecule has 2 heterocycles. The zero-order valence-electron chi connectivity index (χ0n) is 15.6. The van der Waals surface area contributed by atoms with E-state index >= 15 is 0 Å². The number of carbonyl (C=O) groups is 1. The van der Waals surface area contributed by atoms with Crippen LogP contribution in [-0.4, -0.2) is 35.2 Å². The molecule has 0 amide bonds. The van der Waals surface area contributed by atoms with Crippen LogP contribution >= 0.6 is 0 Å². The number of piperidine rings is 1. The van der Waals surface area contributed by atoms with Crippen LogP contribution in [0.3, 0.4) is 0 Å². The van der Waals surface area contributed by atoms with Gasteiger partial charge in [-0.3, -0.25) is 9.59 Å². The highest BCUT2D eigenvalue weighted by atomic mass is 16.5. The van der Waals surface area contributed by atoms with Crippen molar-refractivity contribution in [2.24, 2.45) is 5.41 Å². The molecule has 0 aliphatic carbocycles. The second-order valence-corrected chi connectivity index (χ2v) is 7.09. The van der Waals surface area contributed by atoms with E-state index in [0.717, 1.165) is 55.4 Å². The van der Waals surface area contributed by atoms with Crippen molar-refractivity contribution in [2.45, 2.75) is 46.1 Å². The summed E-state index contributed by atoms with van der Waals surface area (Å²) >= 11 is 0. The van der Waals surface area contributed by atoms with E-state index in [9.17, 15) is 9.59 Å². The van der Waals surface area contributed by atoms with Gasteiger partial charge in [-0.25, -0.2) is 4.98 Å². The average molecular weight is 357 g/mol. The first kappa shape index (κ1) is 18.6. The van der Waals surface area contributed by atoms with E-state index in [1.165, 1.54) is 6.20 Å². The zero-order valence-corrected chi connectivity index (χ0v) is 15.6. The van der Waals surface area contributed by atoms with E-state index in [4.69, 9.17) is 4.74 Å². The molecular formula is C20H27N3O3. The summed E-state index contributed by atoms with van der Waals surface area (Å²) in [6, 6.07) is 5.93. The topological polar surface area (TPSA) is 73.2 Å². The van der Waals surface area contributed by atoms with Crippen LogP contribution in [0.4, 0.5) is 0 Å². The maximum atomic E-state index is 12.6. The van der Waals surface area contributed by atoms with Gasteiger partial charge in [0.1, 0.15) is 0 Å². The second-order valence-electron chi connectivity index (χ2n) is 7.09. The Morgan fingerprint density at radius 3 is 2.85 bits per heavy atom. The number of nitrogens with one attached hydrogen (secondary N) is 1. The van der Waals surface area contributed by atoms with Gasteiger partial charge in [0.15, 0.2) is 0 Å². The first-order valence-corrected chi connectivity index (χ1v) is 9.40. The van der Waals surface area contributed by atoms with Gasteiger partial charge in [-0.2, -0.15) is 0 Å². The van der Waals surface area contributed by atoms with Crippen LogP contribution < -0.4 is 10.9 Å². The number of benzene rings is 1. The highest BCUT2D eigenvalue weighted by Crippen LogP contribution is 2.35. The van der Waals surface area contributed by atoms with Crippen LogP contribution in [0.15, 0.2) is 29.2 Å². The molecule has 140 valence electrons. The Bertz CT molecular complexity index is 838. The lowest BCUT2D eigenvalue weighted by Gasteiger charge is -2.35. The fourth-order valence-electron chi connectivity index (χ4n) is 3.82. The summed E-state index contributed by atoms with van der Waals surface area (Å²) in [6.45, 7) is 6.49. The first-order chi connectivity index (χ1) is 12.6. The molecule has 0 radical (unpaired) electrons. The smallest absolute Gasteiger partial charge is 0.312 e. The molecule has 6 heteroatoms. The van der Waals surface area contributed by atoms with Crippen LogP contribution in [0, 0.1) is 12.3 Å². The van der Waals surface area contributed by atoms with E-state index in [0.29, 0.717) is 13.2 Å². The van der Waals surface area contributed by atoms with Crippen LogP contribution in [0.2, 0.25) is 0 Å². The van der Waals surface area contributed by atoms with Crippen molar-refractivity contribution in [3.63, 3.8) is 0 Å². The SMILES string of the molecule is CCOC(=O)C1(CCCn2c(=O)cnc3ccc(C)cc32)CCNCC1. The maximum absolute atomic E-state index is 12.6. The number of aryl methyl sites for hydroxylation is 2. The summed E-state index contributed by atoms with van der Waals surface area (Å²) in [6.07, 6.45) is 4.44. The number of hydrogen-bond donors (Lipinski definition) is 1. The summed E-state index contributed by atoms with van der Waals surface area (Å²) in [5, 5.41) is 3.31. The third-order valence-corrected chi connectivity index (χ3v) is 5.31. The number of esters is 1. The first-order valence-electron chi connectivity index (χ1n) is 9.40. The molecule has 1 aromatic carbocycles. The molecule has 1 fully saturated rings. The lowest BCUT2D eigenvalue weighted by Crippen LogP contribution is -2.43. The minimum atomic E-state index is -0.427. The summed E-state index contributed by atoms with van der Waals surface area (Å²) < 4.78 is 7.13. The predicted octanol–water partition coefficient (Wildman–Crippen LogP) is 2.42. The summed E-state index contributed by atoms with van der Waals surface area (Å²) in [7, 11) is 0. The third-order valence-electron chi connectivity index (χ3n) is 5.31. The third kappa shape index (κ3) is 3.80. The average Bonchev–Trinajstić information content (AvgIpc) is 2.64. The van der Waals surface area contributed by atoms with Crippen molar-refractivity contribution in [1.82, 2.24) is 14.9 Å². The van der Waals surface area contributed by atoms with Crippen molar-refractivity contribution < 1.29 is 9.53 Å². The summed E-state index contributed by atoms with van der Waals surface area (Å²) in [5.74, 6) is -0.0933. The molecule has 0 saturated carbocycles. The van der Waals surface area contributed by atoms with E-state index in [-0.39, 0.29) is 11.5 Å². The van der Waals surface area contributed by atoms with Crippen molar-refractivity contribution in [3.8, 4) is 0 Å². The maximum Gasteiger partial charge on any atom is 0.312 e. The van der Waals surface area contributed by atoms with Gasteiger partial charge in [-0.1, -0.05) is 6.07 Å².